The van der Waals surface area contributed by atoms with Gasteiger partial charge in [0.15, 0.2) is 48.5 Å². The molecule has 24 nitrogen and oxygen atoms in total. The van der Waals surface area contributed by atoms with Gasteiger partial charge in [0.05, 0.1) is 6.61 Å². The van der Waals surface area contributed by atoms with E-state index in [1.165, 1.54) is 0 Å². The van der Waals surface area contributed by atoms with Crippen molar-refractivity contribution in [2.45, 2.75) is 89.0 Å². The smallest absolute Gasteiger partial charge is 0.316 e. The zero-order valence-corrected chi connectivity index (χ0v) is 34.2. The molecule has 28 heteroatoms. The second-order valence-electron chi connectivity index (χ2n) is 11.7. The summed E-state index contributed by atoms with van der Waals surface area (Å²) >= 11 is 0. The molecule has 4 amide bonds. The van der Waals surface area contributed by atoms with Crippen LogP contribution in [-0.4, -0.2) is 185 Å². The second kappa shape index (κ2) is 23.9. The van der Waals surface area contributed by atoms with Crippen LogP contribution in [0.5, 0.6) is 0 Å². The van der Waals surface area contributed by atoms with Crippen molar-refractivity contribution in [2.75, 3.05) is 50.3 Å². The molecular formula is C28H48N4O20S4. The van der Waals surface area contributed by atoms with E-state index in [-0.39, 0.29) is 24.6 Å². The molecule has 0 saturated carbocycles. The topological polar surface area (TPSA) is 355 Å². The molecule has 2 saturated heterocycles. The van der Waals surface area contributed by atoms with Gasteiger partial charge in [0, 0.05) is 64.8 Å². The van der Waals surface area contributed by atoms with Gasteiger partial charge in [0.1, 0.15) is 37.1 Å². The molecule has 0 spiro atoms. The number of ether oxygens (including phenoxy) is 6. The predicted molar refractivity (Wildman–Crippen MR) is 193 cm³/mol. The maximum absolute atomic E-state index is 12.3. The van der Waals surface area contributed by atoms with E-state index in [0.717, 1.165) is 40.2 Å². The Morgan fingerprint density at radius 3 is 1.46 bits per heavy atom. The minimum atomic E-state index is -3.30. The summed E-state index contributed by atoms with van der Waals surface area (Å²) in [5, 5.41) is 47.2. The van der Waals surface area contributed by atoms with Crippen molar-refractivity contribution < 1.29 is 94.5 Å². The van der Waals surface area contributed by atoms with E-state index in [4.69, 9.17) is 33.5 Å². The number of esters is 4. The molecule has 0 bridgehead atoms. The summed E-state index contributed by atoms with van der Waals surface area (Å²) in [6.07, 6.45) is -11.9. The highest BCUT2D eigenvalue weighted by Crippen LogP contribution is 2.28. The quantitative estimate of drug-likeness (QED) is 0.0315. The summed E-state index contributed by atoms with van der Waals surface area (Å²) in [4.78, 5) is 70.4. The maximum Gasteiger partial charge on any atom is 0.316 e. The summed E-state index contributed by atoms with van der Waals surface area (Å²) in [6, 6.07) is -1.58. The van der Waals surface area contributed by atoms with Crippen LogP contribution >= 0.6 is 21.6 Å². The molecule has 0 aromatic heterocycles. The lowest BCUT2D eigenvalue weighted by atomic mass is 9.97. The summed E-state index contributed by atoms with van der Waals surface area (Å²) in [7, 11) is -5.19. The van der Waals surface area contributed by atoms with Crippen molar-refractivity contribution in [3.8, 4) is 0 Å². The summed E-state index contributed by atoms with van der Waals surface area (Å²) in [6.45, 7) is 3.33. The zero-order valence-electron chi connectivity index (χ0n) is 31.0. The number of carbonyl (C=O) groups excluding carboxylic acids is 6. The molecule has 0 aromatic carbocycles. The van der Waals surface area contributed by atoms with Gasteiger partial charge < -0.3 is 70.1 Å². The highest BCUT2D eigenvalue weighted by molar-refractivity contribution is 8.72. The fraction of sp³-hybridized carbons (Fsp3) is 0.786. The summed E-state index contributed by atoms with van der Waals surface area (Å²) in [5.74, 6) is -2.89. The second-order valence-corrected chi connectivity index (χ2v) is 20.9. The number of rotatable bonds is 16. The minimum Gasteiger partial charge on any atom is -0.463 e. The normalized spacial score (nSPS) is 27.5. The van der Waals surface area contributed by atoms with Crippen LogP contribution in [0.25, 0.3) is 0 Å². The molecule has 0 radical (unpaired) electrons. The van der Waals surface area contributed by atoms with Crippen LogP contribution in [0.4, 0.5) is 9.59 Å². The molecular weight excluding hydrogens is 841 g/mol. The van der Waals surface area contributed by atoms with E-state index >= 15 is 0 Å². The standard InChI is InChI=1S/C18H28N2O12S2.C10H20N2O8S2/c1-9(21)28-8-13-14(29-10(2)22)15(30-11(3)23)16(31-12(4)24)17(32-13)20-18(25)19-6-7-33-34(5,26)27;1-22(18,19)21-3-2-11-10(17)12-9-8(16)7(15)6(14)5(4-13)20-9/h13-17H,6-8H2,1-5H3,(H2,19,20,25);5-9,13-16H,2-4H2,1H3,(H2,11,12,17). The number of nitrogens with one attached hydrogen (secondary N) is 4. The van der Waals surface area contributed by atoms with Gasteiger partial charge in [-0.3, -0.25) is 19.2 Å². The Bertz CT molecular complexity index is 1570. The van der Waals surface area contributed by atoms with Crippen LogP contribution in [0.2, 0.25) is 0 Å². The molecule has 10 unspecified atom stereocenters. The molecule has 2 heterocycles. The molecule has 56 heavy (non-hydrogen) atoms. The fourth-order valence-corrected chi connectivity index (χ4v) is 7.93. The summed E-state index contributed by atoms with van der Waals surface area (Å²) < 4.78 is 75.5. The SMILES string of the molecule is CC(=O)OCC1OC(NC(=O)NCCSS(C)(=O)=O)C(OC(C)=O)C(OC(C)=O)C1OC(C)=O.CS(=O)(=O)SCCNC(=O)NC1OC(CO)C(O)C(O)C1O. The van der Waals surface area contributed by atoms with E-state index in [1.807, 2.05) is 0 Å². The van der Waals surface area contributed by atoms with Gasteiger partial charge in [0.25, 0.3) is 0 Å². The number of urea groups is 2. The van der Waals surface area contributed by atoms with E-state index in [2.05, 4.69) is 21.3 Å². The van der Waals surface area contributed by atoms with Crippen LogP contribution in [0.3, 0.4) is 0 Å². The first-order chi connectivity index (χ1) is 25.8. The molecule has 2 fully saturated rings. The maximum atomic E-state index is 12.3. The van der Waals surface area contributed by atoms with E-state index in [1.54, 1.807) is 0 Å². The zero-order chi connectivity index (χ0) is 43.0. The number of hydrogen-bond acceptors (Lipinski definition) is 22. The third-order valence-electron chi connectivity index (χ3n) is 6.80. The fourth-order valence-electron chi connectivity index (χ4n) is 4.64. The molecule has 324 valence electrons. The van der Waals surface area contributed by atoms with Gasteiger partial charge >= 0.3 is 35.9 Å². The van der Waals surface area contributed by atoms with Gasteiger partial charge in [0.2, 0.25) is 0 Å². The van der Waals surface area contributed by atoms with E-state index in [0.29, 0.717) is 21.6 Å². The Kier molecular flexibility index (Phi) is 21.7. The first-order valence-electron chi connectivity index (χ1n) is 16.2. The molecule has 2 aliphatic heterocycles. The van der Waals surface area contributed by atoms with Gasteiger partial charge in [-0.1, -0.05) is 0 Å². The Morgan fingerprint density at radius 1 is 0.607 bits per heavy atom. The molecule has 0 aromatic rings. The minimum absolute atomic E-state index is 0.0329. The lowest BCUT2D eigenvalue weighted by Crippen LogP contribution is -2.66. The average molecular weight is 889 g/mol. The number of amides is 4. The average Bonchev–Trinajstić information content (AvgIpc) is 3.06. The number of carbonyl (C=O) groups is 6. The Morgan fingerprint density at radius 2 is 1.04 bits per heavy atom. The van der Waals surface area contributed by atoms with Crippen LogP contribution in [-0.2, 0) is 65.3 Å². The molecule has 10 atom stereocenters. The lowest BCUT2D eigenvalue weighted by molar-refractivity contribution is -0.255. The number of aliphatic hydroxyl groups excluding tert-OH is 4. The number of hydrogen-bond donors (Lipinski definition) is 8. The number of aliphatic hydroxyl groups is 4. The van der Waals surface area contributed by atoms with E-state index in [9.17, 15) is 60.9 Å². The van der Waals surface area contributed by atoms with Crippen LogP contribution in [0.1, 0.15) is 27.7 Å². The monoisotopic (exact) mass is 888 g/mol. The van der Waals surface area contributed by atoms with Gasteiger partial charge in [-0.15, -0.1) is 0 Å². The third kappa shape index (κ3) is 19.8. The first kappa shape index (κ1) is 50.8. The van der Waals surface area contributed by atoms with Crippen molar-refractivity contribution >= 4 is 75.3 Å². The molecule has 0 aliphatic carbocycles. The van der Waals surface area contributed by atoms with Gasteiger partial charge in [-0.05, 0) is 21.6 Å². The van der Waals surface area contributed by atoms with Gasteiger partial charge in [-0.2, -0.15) is 0 Å². The van der Waals surface area contributed by atoms with Crippen molar-refractivity contribution in [1.29, 1.82) is 0 Å². The van der Waals surface area contributed by atoms with Gasteiger partial charge in [-0.25, -0.2) is 26.4 Å². The molecule has 2 aliphatic rings. The largest absolute Gasteiger partial charge is 0.463 e. The third-order valence-corrected chi connectivity index (χ3v) is 12.0. The Labute approximate surface area is 329 Å². The first-order valence-corrected chi connectivity index (χ1v) is 23.0. The van der Waals surface area contributed by atoms with Crippen LogP contribution in [0.15, 0.2) is 0 Å². The van der Waals surface area contributed by atoms with Crippen LogP contribution in [0, 0.1) is 0 Å². The lowest BCUT2D eigenvalue weighted by Gasteiger charge is -2.44. The summed E-state index contributed by atoms with van der Waals surface area (Å²) in [5.41, 5.74) is 0. The molecule has 2 rings (SSSR count). The van der Waals surface area contributed by atoms with Crippen molar-refractivity contribution in [3.63, 3.8) is 0 Å². The predicted octanol–water partition coefficient (Wildman–Crippen LogP) is -4.16. The van der Waals surface area contributed by atoms with Crippen molar-refractivity contribution in [2.24, 2.45) is 0 Å². The highest BCUT2D eigenvalue weighted by Gasteiger charge is 2.52. The van der Waals surface area contributed by atoms with Crippen molar-refractivity contribution in [3.05, 3.63) is 0 Å². The highest BCUT2D eigenvalue weighted by atomic mass is 33.1. The Balaban J connectivity index is 0.000000614. The van der Waals surface area contributed by atoms with Crippen molar-refractivity contribution in [1.82, 2.24) is 21.3 Å². The van der Waals surface area contributed by atoms with E-state index < -0.39 is 128 Å². The Hall–Kier alpha value is -3.22. The van der Waals surface area contributed by atoms with Crippen LogP contribution < -0.4 is 21.3 Å². The molecule has 8 N–H and O–H groups in total.